The van der Waals surface area contributed by atoms with Crippen molar-refractivity contribution >= 4 is 32.4 Å². The minimum atomic E-state index is -2.60. The zero-order valence-electron chi connectivity index (χ0n) is 21.2. The Hall–Kier alpha value is 0.486. The van der Waals surface area contributed by atoms with E-state index in [-0.39, 0.29) is 11.9 Å². The first kappa shape index (κ1) is 27.5. The standard InChI is InChI=1S/C13H25O2Si.3C4H9.Sn/c1-6-8-9-10-11(13(14)15-7-2)12(10)16(3,4)5;3*1-3-4-2;/h11-12H,6-9H2,1-5H3;3*1,3-4H2,2H3;/t11-,12-;;;;/m0..../s1. The summed E-state index contributed by atoms with van der Waals surface area (Å²) in [5.41, 5.74) is 0.682. The fourth-order valence-corrected chi connectivity index (χ4v) is 37.8. The van der Waals surface area contributed by atoms with Gasteiger partial charge in [-0.2, -0.15) is 0 Å². The van der Waals surface area contributed by atoms with Crippen molar-refractivity contribution in [3.05, 3.63) is 0 Å². The van der Waals surface area contributed by atoms with Crippen LogP contribution in [0.4, 0.5) is 0 Å². The third-order valence-corrected chi connectivity index (χ3v) is 30.7. The fourth-order valence-electron chi connectivity index (χ4n) is 6.61. The predicted octanol–water partition coefficient (Wildman–Crippen LogP) is 8.67. The second-order valence-corrected chi connectivity index (χ2v) is 30.4. The van der Waals surface area contributed by atoms with Crippen LogP contribution in [-0.4, -0.2) is 39.0 Å². The van der Waals surface area contributed by atoms with E-state index in [1.54, 1.807) is 0 Å². The molecule has 0 bridgehead atoms. The van der Waals surface area contributed by atoms with E-state index in [2.05, 4.69) is 47.3 Å². The van der Waals surface area contributed by atoms with Gasteiger partial charge >= 0.3 is 189 Å². The number of carbonyl (C=O) groups is 1. The Morgan fingerprint density at radius 2 is 1.28 bits per heavy atom. The van der Waals surface area contributed by atoms with Crippen molar-refractivity contribution in [2.45, 2.75) is 134 Å². The molecule has 1 fully saturated rings. The van der Waals surface area contributed by atoms with E-state index < -0.39 is 26.5 Å². The van der Waals surface area contributed by atoms with Crippen LogP contribution < -0.4 is 0 Å². The van der Waals surface area contributed by atoms with E-state index in [0.29, 0.717) is 15.6 Å². The molecule has 0 N–H and O–H groups in total. The van der Waals surface area contributed by atoms with Crippen molar-refractivity contribution < 1.29 is 9.53 Å². The third-order valence-electron chi connectivity index (χ3n) is 7.77. The molecule has 29 heavy (non-hydrogen) atoms. The number of unbranched alkanes of at least 4 members (excludes halogenated alkanes) is 4. The van der Waals surface area contributed by atoms with Crippen LogP contribution in [-0.2, 0) is 9.53 Å². The first-order valence-corrected chi connectivity index (χ1v) is 23.9. The summed E-state index contributed by atoms with van der Waals surface area (Å²) >= 11 is -2.60. The molecular weight excluding hydrogens is 479 g/mol. The van der Waals surface area contributed by atoms with Crippen LogP contribution in [0.15, 0.2) is 0 Å². The molecule has 3 atom stereocenters. The second-order valence-electron chi connectivity index (χ2n) is 10.8. The number of ether oxygens (including phenoxy) is 1. The molecule has 0 radical (unpaired) electrons. The van der Waals surface area contributed by atoms with Crippen LogP contribution in [0.3, 0.4) is 0 Å². The fraction of sp³-hybridized carbons (Fsp3) is 0.960. The average molecular weight is 531 g/mol. The molecule has 2 nitrogen and oxygen atoms in total. The second kappa shape index (κ2) is 12.5. The Balaban J connectivity index is 3.55. The molecule has 0 aromatic rings. The molecule has 0 unspecified atom stereocenters. The van der Waals surface area contributed by atoms with E-state index >= 15 is 0 Å². The number of hydrogen-bond acceptors (Lipinski definition) is 2. The van der Waals surface area contributed by atoms with Gasteiger partial charge < -0.3 is 0 Å². The Bertz CT molecular complexity index is 466. The SMILES string of the molecule is CCCC[C@]1([Sn]([CH2]CCC)([CH2]CCC)[CH2]CCC)[C@H](C(=O)OCC)[C@H]1[Si](C)(C)C. The summed E-state index contributed by atoms with van der Waals surface area (Å²) in [6, 6.07) is 0. The molecule has 0 spiro atoms. The van der Waals surface area contributed by atoms with Gasteiger partial charge in [-0.3, -0.25) is 0 Å². The zero-order valence-corrected chi connectivity index (χ0v) is 25.0. The van der Waals surface area contributed by atoms with Crippen LogP contribution >= 0.6 is 0 Å². The molecule has 4 heteroatoms. The Morgan fingerprint density at radius 1 is 0.828 bits per heavy atom. The van der Waals surface area contributed by atoms with E-state index in [4.69, 9.17) is 4.74 Å². The van der Waals surface area contributed by atoms with Crippen LogP contribution in [0.5, 0.6) is 0 Å². The summed E-state index contributed by atoms with van der Waals surface area (Å²) < 4.78 is 10.7. The molecule has 1 aliphatic rings. The van der Waals surface area contributed by atoms with Gasteiger partial charge in [0.2, 0.25) is 0 Å². The van der Waals surface area contributed by atoms with Crippen molar-refractivity contribution in [3.63, 3.8) is 0 Å². The third kappa shape index (κ3) is 6.26. The first-order valence-electron chi connectivity index (χ1n) is 12.9. The van der Waals surface area contributed by atoms with E-state index in [1.165, 1.54) is 71.1 Å². The Morgan fingerprint density at radius 3 is 1.62 bits per heavy atom. The van der Waals surface area contributed by atoms with E-state index in [0.717, 1.165) is 0 Å². The van der Waals surface area contributed by atoms with Crippen molar-refractivity contribution in [1.29, 1.82) is 0 Å². The van der Waals surface area contributed by atoms with Gasteiger partial charge in [0.15, 0.2) is 0 Å². The van der Waals surface area contributed by atoms with Crippen molar-refractivity contribution in [2.75, 3.05) is 6.61 Å². The van der Waals surface area contributed by atoms with Gasteiger partial charge in [0.05, 0.1) is 0 Å². The number of rotatable bonds is 16. The van der Waals surface area contributed by atoms with Crippen molar-refractivity contribution in [3.8, 4) is 0 Å². The van der Waals surface area contributed by atoms with Gasteiger partial charge in [-0.1, -0.05) is 0 Å². The number of carbonyl (C=O) groups excluding carboxylic acids is 1. The molecular formula is C25H52O2SiSn. The molecule has 1 saturated carbocycles. The molecule has 0 amide bonds. The maximum atomic E-state index is 13.3. The summed E-state index contributed by atoms with van der Waals surface area (Å²) in [6.07, 6.45) is 12.0. The summed E-state index contributed by atoms with van der Waals surface area (Å²) in [4.78, 5) is 13.3. The van der Waals surface area contributed by atoms with Crippen LogP contribution in [0, 0.1) is 5.92 Å². The predicted molar refractivity (Wildman–Crippen MR) is 134 cm³/mol. The van der Waals surface area contributed by atoms with Gasteiger partial charge in [0, 0.05) is 0 Å². The minimum absolute atomic E-state index is 0.182. The van der Waals surface area contributed by atoms with Crippen LogP contribution in [0.25, 0.3) is 0 Å². The van der Waals surface area contributed by atoms with Crippen molar-refractivity contribution in [1.82, 2.24) is 0 Å². The molecule has 0 heterocycles. The van der Waals surface area contributed by atoms with E-state index in [1.807, 2.05) is 6.92 Å². The molecule has 1 rings (SSSR count). The van der Waals surface area contributed by atoms with Gasteiger partial charge in [-0.05, 0) is 0 Å². The van der Waals surface area contributed by atoms with Gasteiger partial charge in [-0.25, -0.2) is 0 Å². The summed E-state index contributed by atoms with van der Waals surface area (Å²) in [6.45, 7) is 19.6. The number of hydrogen-bond donors (Lipinski definition) is 0. The summed E-state index contributed by atoms with van der Waals surface area (Å²) in [7, 11) is -1.44. The average Bonchev–Trinajstić information content (AvgIpc) is 3.38. The van der Waals surface area contributed by atoms with Crippen LogP contribution in [0.2, 0.25) is 41.9 Å². The normalized spacial score (nSPS) is 24.6. The van der Waals surface area contributed by atoms with Gasteiger partial charge in [-0.15, -0.1) is 0 Å². The molecule has 172 valence electrons. The Kier molecular flexibility index (Phi) is 11.9. The summed E-state index contributed by atoms with van der Waals surface area (Å²) in [5.74, 6) is 0.434. The topological polar surface area (TPSA) is 26.3 Å². The van der Waals surface area contributed by atoms with Crippen LogP contribution in [0.1, 0.15) is 92.4 Å². The molecule has 1 aliphatic carbocycles. The number of esters is 1. The summed E-state index contributed by atoms with van der Waals surface area (Å²) in [5, 5.41) is 0. The molecule has 0 aromatic carbocycles. The Labute approximate surface area is 188 Å². The molecule has 0 aliphatic heterocycles. The molecule has 0 saturated heterocycles. The first-order chi connectivity index (χ1) is 13.7. The van der Waals surface area contributed by atoms with E-state index in [9.17, 15) is 4.79 Å². The monoisotopic (exact) mass is 532 g/mol. The zero-order chi connectivity index (χ0) is 22.1. The van der Waals surface area contributed by atoms with Crippen molar-refractivity contribution in [2.24, 2.45) is 5.92 Å². The van der Waals surface area contributed by atoms with Gasteiger partial charge in [0.1, 0.15) is 0 Å². The quantitative estimate of drug-likeness (QED) is 0.147. The molecule has 0 aromatic heterocycles. The maximum absolute atomic E-state index is 13.3. The van der Waals surface area contributed by atoms with Gasteiger partial charge in [0.25, 0.3) is 0 Å².